The first-order valence-corrected chi connectivity index (χ1v) is 8.93. The molecule has 21 heavy (non-hydrogen) atoms. The average molecular weight is 293 g/mol. The molecule has 3 rings (SSSR count). The average Bonchev–Trinajstić information content (AvgIpc) is 2.85. The first kappa shape index (κ1) is 15.3. The van der Waals surface area contributed by atoms with Gasteiger partial charge in [0, 0.05) is 30.7 Å². The van der Waals surface area contributed by atoms with Crippen molar-refractivity contribution in [3.05, 3.63) is 0 Å². The van der Waals surface area contributed by atoms with E-state index in [1.54, 1.807) is 0 Å². The Bertz CT molecular complexity index is 361. The van der Waals surface area contributed by atoms with Crippen LogP contribution in [0.4, 0.5) is 0 Å². The van der Waals surface area contributed by atoms with Crippen LogP contribution >= 0.6 is 0 Å². The summed E-state index contributed by atoms with van der Waals surface area (Å²) in [7, 11) is 2.15. The zero-order valence-electron chi connectivity index (χ0n) is 13.7. The van der Waals surface area contributed by atoms with Gasteiger partial charge in [0.1, 0.15) is 0 Å². The number of hydrogen-bond acceptors (Lipinski definition) is 3. The highest BCUT2D eigenvalue weighted by atomic mass is 16.2. The summed E-state index contributed by atoms with van der Waals surface area (Å²) in [5.74, 6) is 0.356. The lowest BCUT2D eigenvalue weighted by atomic mass is 9.98. The monoisotopic (exact) mass is 293 g/mol. The van der Waals surface area contributed by atoms with Gasteiger partial charge in [-0.05, 0) is 58.4 Å². The number of hydrogen-bond donors (Lipinski definition) is 1. The molecular weight excluding hydrogens is 262 g/mol. The molecule has 120 valence electrons. The second kappa shape index (κ2) is 6.66. The summed E-state index contributed by atoms with van der Waals surface area (Å²) >= 11 is 0. The van der Waals surface area contributed by atoms with Crippen molar-refractivity contribution in [3.8, 4) is 0 Å². The molecule has 2 bridgehead atoms. The van der Waals surface area contributed by atoms with Gasteiger partial charge in [0.15, 0.2) is 0 Å². The number of nitrogens with one attached hydrogen (secondary N) is 1. The minimum Gasteiger partial charge on any atom is -0.339 e. The molecule has 3 aliphatic rings. The third-order valence-corrected chi connectivity index (χ3v) is 5.87. The largest absolute Gasteiger partial charge is 0.339 e. The van der Waals surface area contributed by atoms with Crippen LogP contribution in [0.5, 0.6) is 0 Å². The first-order valence-electron chi connectivity index (χ1n) is 8.93. The van der Waals surface area contributed by atoms with Gasteiger partial charge >= 0.3 is 0 Å². The molecule has 3 aliphatic heterocycles. The highest BCUT2D eigenvalue weighted by Gasteiger charge is 2.36. The topological polar surface area (TPSA) is 35.6 Å². The SMILES string of the molecule is CCC1CCCCN1C(=O)CN(C)C1CC2CCC(C1)N2. The van der Waals surface area contributed by atoms with Crippen LogP contribution in [0.25, 0.3) is 0 Å². The predicted molar refractivity (Wildman–Crippen MR) is 85.2 cm³/mol. The number of carbonyl (C=O) groups excluding carboxylic acids is 1. The second-order valence-corrected chi connectivity index (χ2v) is 7.32. The van der Waals surface area contributed by atoms with Gasteiger partial charge in [-0.15, -0.1) is 0 Å². The fraction of sp³-hybridized carbons (Fsp3) is 0.941. The Labute approximate surface area is 129 Å². The number of likely N-dealkylation sites (tertiary alicyclic amines) is 1. The molecule has 0 aliphatic carbocycles. The number of piperidine rings is 2. The molecule has 4 heteroatoms. The number of likely N-dealkylation sites (N-methyl/N-ethyl adjacent to an activating group) is 1. The number of fused-ring (bicyclic) bond motifs is 2. The Kier molecular flexibility index (Phi) is 4.85. The molecule has 0 saturated carbocycles. The minimum atomic E-state index is 0.356. The standard InChI is InChI=1S/C17H31N3O/c1-3-15-6-4-5-9-20(15)17(21)12-19(2)16-10-13-7-8-14(11-16)18-13/h13-16,18H,3-12H2,1-2H3. The van der Waals surface area contributed by atoms with Gasteiger partial charge < -0.3 is 10.2 Å². The smallest absolute Gasteiger partial charge is 0.236 e. The van der Waals surface area contributed by atoms with Crippen LogP contribution in [0, 0.1) is 0 Å². The summed E-state index contributed by atoms with van der Waals surface area (Å²) < 4.78 is 0. The van der Waals surface area contributed by atoms with E-state index in [0.29, 0.717) is 36.6 Å². The van der Waals surface area contributed by atoms with E-state index in [1.165, 1.54) is 44.9 Å². The van der Waals surface area contributed by atoms with Crippen LogP contribution in [-0.4, -0.2) is 60.0 Å². The van der Waals surface area contributed by atoms with Crippen molar-refractivity contribution < 1.29 is 4.79 Å². The van der Waals surface area contributed by atoms with Gasteiger partial charge in [0.05, 0.1) is 6.54 Å². The molecule has 0 aromatic heterocycles. The highest BCUT2D eigenvalue weighted by Crippen LogP contribution is 2.29. The second-order valence-electron chi connectivity index (χ2n) is 7.32. The van der Waals surface area contributed by atoms with Crippen molar-refractivity contribution in [2.75, 3.05) is 20.1 Å². The fourth-order valence-corrected chi connectivity index (χ4v) is 4.57. The Hall–Kier alpha value is -0.610. The fourth-order valence-electron chi connectivity index (χ4n) is 4.57. The molecule has 3 atom stereocenters. The Balaban J connectivity index is 1.54. The number of nitrogens with zero attached hydrogens (tertiary/aromatic N) is 2. The lowest BCUT2D eigenvalue weighted by molar-refractivity contribution is -0.136. The van der Waals surface area contributed by atoms with Gasteiger partial charge in [-0.2, -0.15) is 0 Å². The number of rotatable bonds is 4. The van der Waals surface area contributed by atoms with E-state index in [-0.39, 0.29) is 0 Å². The zero-order valence-corrected chi connectivity index (χ0v) is 13.7. The summed E-state index contributed by atoms with van der Waals surface area (Å²) in [6, 6.07) is 2.48. The van der Waals surface area contributed by atoms with E-state index in [1.807, 2.05) is 0 Å². The molecule has 3 saturated heterocycles. The molecule has 4 nitrogen and oxygen atoms in total. The Morgan fingerprint density at radius 1 is 1.19 bits per heavy atom. The van der Waals surface area contributed by atoms with Gasteiger partial charge in [-0.3, -0.25) is 9.69 Å². The van der Waals surface area contributed by atoms with Crippen molar-refractivity contribution in [1.29, 1.82) is 0 Å². The lowest BCUT2D eigenvalue weighted by Crippen LogP contribution is -2.52. The maximum Gasteiger partial charge on any atom is 0.236 e. The summed E-state index contributed by atoms with van der Waals surface area (Å²) in [6.45, 7) is 3.80. The van der Waals surface area contributed by atoms with Crippen LogP contribution < -0.4 is 5.32 Å². The maximum absolute atomic E-state index is 12.7. The molecule has 0 aromatic rings. The minimum absolute atomic E-state index is 0.356. The van der Waals surface area contributed by atoms with Crippen molar-refractivity contribution in [3.63, 3.8) is 0 Å². The van der Waals surface area contributed by atoms with Gasteiger partial charge in [-0.25, -0.2) is 0 Å². The van der Waals surface area contributed by atoms with E-state index >= 15 is 0 Å². The molecule has 1 amide bonds. The zero-order chi connectivity index (χ0) is 14.8. The van der Waals surface area contributed by atoms with E-state index in [2.05, 4.69) is 29.1 Å². The van der Waals surface area contributed by atoms with E-state index in [4.69, 9.17) is 0 Å². The molecule has 3 heterocycles. The van der Waals surface area contributed by atoms with E-state index < -0.39 is 0 Å². The van der Waals surface area contributed by atoms with Crippen molar-refractivity contribution in [1.82, 2.24) is 15.1 Å². The van der Waals surface area contributed by atoms with Crippen molar-refractivity contribution in [2.45, 2.75) is 82.5 Å². The highest BCUT2D eigenvalue weighted by molar-refractivity contribution is 5.78. The molecule has 0 aromatic carbocycles. The van der Waals surface area contributed by atoms with Gasteiger partial charge in [0.2, 0.25) is 5.91 Å². The lowest BCUT2D eigenvalue weighted by Gasteiger charge is -2.39. The summed E-state index contributed by atoms with van der Waals surface area (Å²) in [5.41, 5.74) is 0. The Morgan fingerprint density at radius 3 is 2.57 bits per heavy atom. The van der Waals surface area contributed by atoms with E-state index in [0.717, 1.165) is 13.0 Å². The van der Waals surface area contributed by atoms with Crippen LogP contribution in [0.15, 0.2) is 0 Å². The molecule has 0 radical (unpaired) electrons. The number of amides is 1. The molecule has 1 N–H and O–H groups in total. The third kappa shape index (κ3) is 3.42. The van der Waals surface area contributed by atoms with Crippen molar-refractivity contribution in [2.24, 2.45) is 0 Å². The molecule has 3 unspecified atom stereocenters. The maximum atomic E-state index is 12.7. The summed E-state index contributed by atoms with van der Waals surface area (Å²) in [4.78, 5) is 17.2. The first-order chi connectivity index (χ1) is 10.2. The van der Waals surface area contributed by atoms with Crippen LogP contribution in [0.2, 0.25) is 0 Å². The Morgan fingerprint density at radius 2 is 1.90 bits per heavy atom. The van der Waals surface area contributed by atoms with Gasteiger partial charge in [-0.1, -0.05) is 6.92 Å². The van der Waals surface area contributed by atoms with Gasteiger partial charge in [0.25, 0.3) is 0 Å². The van der Waals surface area contributed by atoms with E-state index in [9.17, 15) is 4.79 Å². The quantitative estimate of drug-likeness (QED) is 0.861. The molecular formula is C17H31N3O. The summed E-state index contributed by atoms with van der Waals surface area (Å²) in [6.07, 6.45) is 9.87. The summed E-state index contributed by atoms with van der Waals surface area (Å²) in [5, 5.41) is 3.69. The third-order valence-electron chi connectivity index (χ3n) is 5.87. The predicted octanol–water partition coefficient (Wildman–Crippen LogP) is 1.99. The van der Waals surface area contributed by atoms with Crippen LogP contribution in [0.1, 0.15) is 58.3 Å². The van der Waals surface area contributed by atoms with Crippen LogP contribution in [-0.2, 0) is 4.79 Å². The van der Waals surface area contributed by atoms with Crippen LogP contribution in [0.3, 0.4) is 0 Å². The normalized spacial score (nSPS) is 36.2. The molecule has 0 spiro atoms. The molecule has 3 fully saturated rings. The number of carbonyl (C=O) groups is 1. The van der Waals surface area contributed by atoms with Crippen molar-refractivity contribution >= 4 is 5.91 Å².